The molecule has 0 bridgehead atoms. The highest BCUT2D eigenvalue weighted by Crippen LogP contribution is 2.17. The van der Waals surface area contributed by atoms with Crippen LogP contribution in [0.4, 0.5) is 5.95 Å². The molecule has 0 radical (unpaired) electrons. The third-order valence-electron chi connectivity index (χ3n) is 2.73. The largest absolute Gasteiger partial charge is 0.354 e. The van der Waals surface area contributed by atoms with Gasteiger partial charge in [0, 0.05) is 24.5 Å². The highest BCUT2D eigenvalue weighted by Gasteiger charge is 2.09. The summed E-state index contributed by atoms with van der Waals surface area (Å²) in [5.41, 5.74) is 0.954. The molecule has 6 nitrogen and oxygen atoms in total. The van der Waals surface area contributed by atoms with E-state index in [0.717, 1.165) is 12.1 Å². The Balaban J connectivity index is 2.10. The number of nitrogens with zero attached hydrogens (tertiary/aromatic N) is 5. The molecule has 3 aromatic rings. The first-order valence-corrected chi connectivity index (χ1v) is 6.40. The van der Waals surface area contributed by atoms with Crippen molar-refractivity contribution >= 4 is 5.95 Å². The highest BCUT2D eigenvalue weighted by molar-refractivity contribution is 5.56. The molecule has 1 N–H and O–H groups in total. The van der Waals surface area contributed by atoms with Gasteiger partial charge in [0.2, 0.25) is 11.9 Å². The molecule has 0 saturated carbocycles. The summed E-state index contributed by atoms with van der Waals surface area (Å²) in [6, 6.07) is 9.84. The Kier molecular flexibility index (Phi) is 3.36. The molecule has 2 aromatic heterocycles. The average Bonchev–Trinajstić information content (AvgIpc) is 3.02. The number of nitrogens with one attached hydrogen (secondary N) is 1. The van der Waals surface area contributed by atoms with E-state index < -0.39 is 0 Å². The topological polar surface area (TPSA) is 68.5 Å². The van der Waals surface area contributed by atoms with Crippen LogP contribution in [0.5, 0.6) is 0 Å². The summed E-state index contributed by atoms with van der Waals surface area (Å²) in [5.74, 6) is 1.75. The summed E-state index contributed by atoms with van der Waals surface area (Å²) < 4.78 is 1.76. The van der Waals surface area contributed by atoms with Crippen LogP contribution in [0, 0.1) is 0 Å². The number of hydrogen-bond donors (Lipinski definition) is 1. The minimum atomic E-state index is 0.548. The van der Waals surface area contributed by atoms with Crippen LogP contribution in [-0.2, 0) is 0 Å². The smallest absolute Gasteiger partial charge is 0.240 e. The van der Waals surface area contributed by atoms with Gasteiger partial charge in [0.15, 0.2) is 5.82 Å². The average molecular weight is 266 g/mol. The number of hydrogen-bond acceptors (Lipinski definition) is 5. The molecule has 20 heavy (non-hydrogen) atoms. The molecule has 0 spiro atoms. The summed E-state index contributed by atoms with van der Waals surface area (Å²) >= 11 is 0. The maximum atomic E-state index is 4.49. The fourth-order valence-electron chi connectivity index (χ4n) is 1.81. The summed E-state index contributed by atoms with van der Waals surface area (Å²) in [7, 11) is 0. The van der Waals surface area contributed by atoms with Crippen molar-refractivity contribution in [2.45, 2.75) is 6.92 Å². The number of imidazole rings is 1. The maximum absolute atomic E-state index is 4.49. The second-order valence-corrected chi connectivity index (χ2v) is 4.15. The molecule has 0 aliphatic carbocycles. The second-order valence-electron chi connectivity index (χ2n) is 4.15. The van der Waals surface area contributed by atoms with Crippen LogP contribution in [-0.4, -0.2) is 31.0 Å². The summed E-state index contributed by atoms with van der Waals surface area (Å²) in [6.07, 6.45) is 5.17. The van der Waals surface area contributed by atoms with Crippen molar-refractivity contribution in [3.05, 3.63) is 49.1 Å². The summed E-state index contributed by atoms with van der Waals surface area (Å²) in [6.45, 7) is 2.75. The zero-order valence-corrected chi connectivity index (χ0v) is 11.1. The van der Waals surface area contributed by atoms with Crippen LogP contribution in [0.25, 0.3) is 17.3 Å². The van der Waals surface area contributed by atoms with Crippen LogP contribution in [0.15, 0.2) is 49.1 Å². The number of aromatic nitrogens is 5. The Labute approximate surface area is 116 Å². The van der Waals surface area contributed by atoms with Gasteiger partial charge < -0.3 is 5.32 Å². The fourth-order valence-corrected chi connectivity index (χ4v) is 1.81. The van der Waals surface area contributed by atoms with E-state index in [0.29, 0.717) is 17.7 Å². The Bertz CT molecular complexity index is 678. The van der Waals surface area contributed by atoms with Crippen molar-refractivity contribution in [3.8, 4) is 17.3 Å². The van der Waals surface area contributed by atoms with Gasteiger partial charge in [0.1, 0.15) is 6.33 Å². The molecule has 0 fully saturated rings. The molecule has 6 heteroatoms. The van der Waals surface area contributed by atoms with E-state index in [1.54, 1.807) is 23.3 Å². The van der Waals surface area contributed by atoms with Crippen LogP contribution < -0.4 is 5.32 Å². The molecule has 3 rings (SSSR count). The van der Waals surface area contributed by atoms with Crippen LogP contribution >= 0.6 is 0 Å². The predicted molar refractivity (Wildman–Crippen MR) is 76.5 cm³/mol. The number of rotatable bonds is 4. The SMILES string of the molecule is CCNc1nc(-c2ccccc2)nc(-n2ccnc2)n1. The van der Waals surface area contributed by atoms with Gasteiger partial charge in [-0.3, -0.25) is 4.57 Å². The lowest BCUT2D eigenvalue weighted by molar-refractivity contribution is 0.896. The molecule has 2 heterocycles. The molecule has 0 aliphatic heterocycles. The van der Waals surface area contributed by atoms with Gasteiger partial charge >= 0.3 is 0 Å². The predicted octanol–water partition coefficient (Wildman–Crippen LogP) is 2.16. The molecule has 0 saturated heterocycles. The summed E-state index contributed by atoms with van der Waals surface area (Å²) in [5, 5.41) is 3.12. The lowest BCUT2D eigenvalue weighted by Gasteiger charge is -2.08. The van der Waals surface area contributed by atoms with Gasteiger partial charge in [0.25, 0.3) is 0 Å². The molecule has 0 atom stereocenters. The fraction of sp³-hybridized carbons (Fsp3) is 0.143. The van der Waals surface area contributed by atoms with Crippen molar-refractivity contribution in [1.29, 1.82) is 0 Å². The van der Waals surface area contributed by atoms with Crippen molar-refractivity contribution < 1.29 is 0 Å². The minimum absolute atomic E-state index is 0.548. The third kappa shape index (κ3) is 2.49. The van der Waals surface area contributed by atoms with E-state index >= 15 is 0 Å². The van der Waals surface area contributed by atoms with Gasteiger partial charge in [-0.1, -0.05) is 30.3 Å². The lowest BCUT2D eigenvalue weighted by atomic mass is 10.2. The second kappa shape index (κ2) is 5.48. The van der Waals surface area contributed by atoms with Gasteiger partial charge in [-0.05, 0) is 6.92 Å². The number of anilines is 1. The quantitative estimate of drug-likeness (QED) is 0.783. The lowest BCUT2D eigenvalue weighted by Crippen LogP contribution is -2.09. The molecule has 1 aromatic carbocycles. The van der Waals surface area contributed by atoms with Gasteiger partial charge in [0.05, 0.1) is 0 Å². The Morgan fingerprint density at radius 1 is 1.10 bits per heavy atom. The molecule has 0 aliphatic rings. The summed E-state index contributed by atoms with van der Waals surface area (Å²) in [4.78, 5) is 17.3. The van der Waals surface area contributed by atoms with E-state index in [2.05, 4.69) is 25.3 Å². The zero-order valence-electron chi connectivity index (χ0n) is 11.1. The molecular formula is C14H14N6. The number of benzene rings is 1. The van der Waals surface area contributed by atoms with Crippen molar-refractivity contribution in [2.24, 2.45) is 0 Å². The van der Waals surface area contributed by atoms with E-state index in [1.807, 2.05) is 37.3 Å². The minimum Gasteiger partial charge on any atom is -0.354 e. The maximum Gasteiger partial charge on any atom is 0.240 e. The highest BCUT2D eigenvalue weighted by atomic mass is 15.2. The van der Waals surface area contributed by atoms with Crippen molar-refractivity contribution in [1.82, 2.24) is 24.5 Å². The van der Waals surface area contributed by atoms with Crippen LogP contribution in [0.3, 0.4) is 0 Å². The van der Waals surface area contributed by atoms with Gasteiger partial charge in [-0.2, -0.15) is 15.0 Å². The van der Waals surface area contributed by atoms with E-state index in [9.17, 15) is 0 Å². The first-order chi connectivity index (χ1) is 9.86. The Hall–Kier alpha value is -2.76. The molecular weight excluding hydrogens is 252 g/mol. The third-order valence-corrected chi connectivity index (χ3v) is 2.73. The Morgan fingerprint density at radius 2 is 1.95 bits per heavy atom. The zero-order chi connectivity index (χ0) is 13.8. The van der Waals surface area contributed by atoms with Gasteiger partial charge in [-0.15, -0.1) is 0 Å². The first-order valence-electron chi connectivity index (χ1n) is 6.40. The normalized spacial score (nSPS) is 10.4. The van der Waals surface area contributed by atoms with E-state index in [4.69, 9.17) is 0 Å². The molecule has 100 valence electrons. The van der Waals surface area contributed by atoms with Crippen molar-refractivity contribution in [3.63, 3.8) is 0 Å². The van der Waals surface area contributed by atoms with Crippen LogP contribution in [0.1, 0.15) is 6.92 Å². The Morgan fingerprint density at radius 3 is 2.65 bits per heavy atom. The monoisotopic (exact) mass is 266 g/mol. The van der Waals surface area contributed by atoms with E-state index in [-0.39, 0.29) is 0 Å². The standard InChI is InChI=1S/C14H14N6/c1-2-16-13-17-12(11-6-4-3-5-7-11)18-14(19-13)20-9-8-15-10-20/h3-10H,2H2,1H3,(H,16,17,18,19). The van der Waals surface area contributed by atoms with E-state index in [1.165, 1.54) is 0 Å². The molecule has 0 amide bonds. The van der Waals surface area contributed by atoms with Crippen LogP contribution in [0.2, 0.25) is 0 Å². The van der Waals surface area contributed by atoms with Gasteiger partial charge in [-0.25, -0.2) is 4.98 Å². The molecule has 0 unspecified atom stereocenters. The van der Waals surface area contributed by atoms with Crippen molar-refractivity contribution in [2.75, 3.05) is 11.9 Å². The first kappa shape index (κ1) is 12.3.